The molecule has 16 heavy (non-hydrogen) atoms. The molecule has 0 aromatic carbocycles. The summed E-state index contributed by atoms with van der Waals surface area (Å²) >= 11 is 7.16. The Morgan fingerprint density at radius 1 is 1.69 bits per heavy atom. The number of hydrogen-bond donors (Lipinski definition) is 0. The molecule has 1 heterocycles. The van der Waals surface area contributed by atoms with Crippen molar-refractivity contribution in [3.8, 4) is 0 Å². The molecule has 0 aliphatic carbocycles. The second-order valence-corrected chi connectivity index (χ2v) is 4.14. The number of methoxy groups -OCH3 is 1. The topological polar surface area (TPSA) is 39.2 Å². The van der Waals surface area contributed by atoms with Crippen molar-refractivity contribution in [3.63, 3.8) is 0 Å². The minimum Gasteiger partial charge on any atom is -0.464 e. The van der Waals surface area contributed by atoms with Gasteiger partial charge in [-0.2, -0.15) is 0 Å². The van der Waals surface area contributed by atoms with E-state index >= 15 is 0 Å². The van der Waals surface area contributed by atoms with Gasteiger partial charge in [0.1, 0.15) is 0 Å². The van der Waals surface area contributed by atoms with Gasteiger partial charge in [-0.3, -0.25) is 0 Å². The van der Waals surface area contributed by atoms with Gasteiger partial charge in [-0.25, -0.2) is 18.6 Å². The van der Waals surface area contributed by atoms with E-state index in [0.717, 1.165) is 7.11 Å². The molecular weight excluding hydrogens is 354 g/mol. The highest BCUT2D eigenvalue weighted by molar-refractivity contribution is 14.1. The van der Waals surface area contributed by atoms with Gasteiger partial charge in [-0.15, -0.1) is 11.6 Å². The van der Waals surface area contributed by atoms with E-state index in [1.807, 2.05) is 0 Å². The molecule has 0 aliphatic rings. The van der Waals surface area contributed by atoms with Crippen LogP contribution in [-0.2, 0) is 10.6 Å². The molecule has 0 aliphatic heterocycles. The Balaban J connectivity index is 3.37. The maximum atomic E-state index is 12.7. The molecule has 88 valence electrons. The van der Waals surface area contributed by atoms with Crippen molar-refractivity contribution in [2.24, 2.45) is 0 Å². The van der Waals surface area contributed by atoms with Crippen molar-refractivity contribution < 1.29 is 18.3 Å². The van der Waals surface area contributed by atoms with E-state index in [1.54, 1.807) is 22.6 Å². The van der Waals surface area contributed by atoms with E-state index in [2.05, 4.69) is 9.72 Å². The van der Waals surface area contributed by atoms with Gasteiger partial charge in [-0.1, -0.05) is 0 Å². The minimum absolute atomic E-state index is 0.0410. The van der Waals surface area contributed by atoms with Crippen molar-refractivity contribution >= 4 is 40.2 Å². The molecule has 1 aromatic heterocycles. The normalized spacial score (nSPS) is 10.6. The predicted molar refractivity (Wildman–Crippen MR) is 62.8 cm³/mol. The highest BCUT2D eigenvalue weighted by Gasteiger charge is 2.21. The van der Waals surface area contributed by atoms with E-state index in [0.29, 0.717) is 0 Å². The van der Waals surface area contributed by atoms with Gasteiger partial charge >= 0.3 is 5.97 Å². The van der Waals surface area contributed by atoms with Crippen LogP contribution in [0.15, 0.2) is 6.07 Å². The summed E-state index contributed by atoms with van der Waals surface area (Å²) in [7, 11) is 1.16. The Hall–Kier alpha value is -0.500. The Kier molecular flexibility index (Phi) is 4.85. The van der Waals surface area contributed by atoms with E-state index in [1.165, 1.54) is 6.07 Å². The van der Waals surface area contributed by atoms with Crippen LogP contribution in [-0.4, -0.2) is 18.1 Å². The second kappa shape index (κ2) is 5.72. The lowest BCUT2D eigenvalue weighted by molar-refractivity contribution is 0.0591. The number of carbonyl (C=O) groups excluding carboxylic acids is 1. The molecule has 0 atom stereocenters. The number of alkyl halides is 3. The van der Waals surface area contributed by atoms with Crippen LogP contribution in [0.25, 0.3) is 0 Å². The number of carbonyl (C=O) groups is 1. The van der Waals surface area contributed by atoms with Crippen LogP contribution < -0.4 is 0 Å². The standard InChI is InChI=1S/C9H7ClF2INO2/c1-16-9(15)7-6(13)5(8(11)12)2-4(3-10)14-7/h2,8H,3H2,1H3. The smallest absolute Gasteiger partial charge is 0.357 e. The monoisotopic (exact) mass is 361 g/mol. The summed E-state index contributed by atoms with van der Waals surface area (Å²) in [5.41, 5.74) is -0.166. The lowest BCUT2D eigenvalue weighted by atomic mass is 10.2. The van der Waals surface area contributed by atoms with Crippen molar-refractivity contribution in [3.05, 3.63) is 26.6 Å². The summed E-state index contributed by atoms with van der Waals surface area (Å²) in [4.78, 5) is 15.2. The van der Waals surface area contributed by atoms with E-state index in [4.69, 9.17) is 11.6 Å². The third kappa shape index (κ3) is 2.79. The fourth-order valence-electron chi connectivity index (χ4n) is 1.06. The van der Waals surface area contributed by atoms with Gasteiger partial charge in [0.25, 0.3) is 6.43 Å². The average molecular weight is 362 g/mol. The molecule has 0 unspecified atom stereocenters. The molecule has 1 rings (SSSR count). The number of pyridine rings is 1. The van der Waals surface area contributed by atoms with Crippen molar-refractivity contribution in [2.45, 2.75) is 12.3 Å². The minimum atomic E-state index is -2.68. The zero-order valence-electron chi connectivity index (χ0n) is 8.14. The molecule has 3 nitrogen and oxygen atoms in total. The first-order valence-corrected chi connectivity index (χ1v) is 5.74. The number of esters is 1. The fourth-order valence-corrected chi connectivity index (χ4v) is 1.93. The van der Waals surface area contributed by atoms with Crippen LogP contribution in [0.4, 0.5) is 8.78 Å². The first-order chi connectivity index (χ1) is 7.51. The molecular formula is C9H7ClF2INO2. The molecule has 0 saturated heterocycles. The number of ether oxygens (including phenoxy) is 1. The van der Waals surface area contributed by atoms with Gasteiger partial charge in [0.05, 0.1) is 22.3 Å². The number of hydrogen-bond acceptors (Lipinski definition) is 3. The van der Waals surface area contributed by atoms with Gasteiger partial charge in [0, 0.05) is 5.56 Å². The van der Waals surface area contributed by atoms with Crippen LogP contribution in [0.2, 0.25) is 0 Å². The van der Waals surface area contributed by atoms with Gasteiger partial charge < -0.3 is 4.74 Å². The van der Waals surface area contributed by atoms with Gasteiger partial charge in [0.15, 0.2) is 5.69 Å². The van der Waals surface area contributed by atoms with E-state index < -0.39 is 12.4 Å². The molecule has 0 saturated carbocycles. The largest absolute Gasteiger partial charge is 0.464 e. The third-order valence-corrected chi connectivity index (χ3v) is 3.20. The summed E-state index contributed by atoms with van der Waals surface area (Å²) in [5, 5.41) is 0. The lowest BCUT2D eigenvalue weighted by Crippen LogP contribution is -2.11. The number of halogens is 4. The van der Waals surface area contributed by atoms with Gasteiger partial charge in [0.2, 0.25) is 0 Å². The Morgan fingerprint density at radius 3 is 2.75 bits per heavy atom. The highest BCUT2D eigenvalue weighted by atomic mass is 127. The molecule has 1 aromatic rings. The first kappa shape index (κ1) is 13.6. The lowest BCUT2D eigenvalue weighted by Gasteiger charge is -2.09. The zero-order valence-corrected chi connectivity index (χ0v) is 11.1. The molecule has 0 N–H and O–H groups in total. The SMILES string of the molecule is COC(=O)c1nc(CCl)cc(C(F)F)c1I. The van der Waals surface area contributed by atoms with Crippen molar-refractivity contribution in [2.75, 3.05) is 7.11 Å². The third-order valence-electron chi connectivity index (χ3n) is 1.79. The average Bonchev–Trinajstić information content (AvgIpc) is 2.28. The summed E-state index contributed by atoms with van der Waals surface area (Å²) in [6.45, 7) is 0. The van der Waals surface area contributed by atoms with Crippen LogP contribution >= 0.6 is 34.2 Å². The second-order valence-electron chi connectivity index (χ2n) is 2.79. The maximum Gasteiger partial charge on any atom is 0.357 e. The van der Waals surface area contributed by atoms with Crippen LogP contribution in [0.3, 0.4) is 0 Å². The summed E-state index contributed by atoms with van der Waals surface area (Å²) in [5.74, 6) is -0.793. The zero-order chi connectivity index (χ0) is 12.3. The molecule has 7 heteroatoms. The highest BCUT2D eigenvalue weighted by Crippen LogP contribution is 2.27. The van der Waals surface area contributed by atoms with Crippen molar-refractivity contribution in [1.82, 2.24) is 4.98 Å². The quantitative estimate of drug-likeness (QED) is 0.472. The molecule has 0 fully saturated rings. The Morgan fingerprint density at radius 2 is 2.31 bits per heavy atom. The predicted octanol–water partition coefficient (Wildman–Crippen LogP) is 3.15. The Bertz CT molecular complexity index is 415. The first-order valence-electron chi connectivity index (χ1n) is 4.13. The van der Waals surface area contributed by atoms with E-state index in [9.17, 15) is 13.6 Å². The molecule has 0 radical (unpaired) electrons. The van der Waals surface area contributed by atoms with Crippen LogP contribution in [0.1, 0.15) is 28.2 Å². The molecule has 0 bridgehead atoms. The van der Waals surface area contributed by atoms with Crippen LogP contribution in [0.5, 0.6) is 0 Å². The number of rotatable bonds is 3. The number of aromatic nitrogens is 1. The van der Waals surface area contributed by atoms with E-state index in [-0.39, 0.29) is 26.4 Å². The summed E-state index contributed by atoms with van der Waals surface area (Å²) in [6.07, 6.45) is -2.68. The molecule has 0 amide bonds. The number of nitrogens with zero attached hydrogens (tertiary/aromatic N) is 1. The molecule has 0 spiro atoms. The van der Waals surface area contributed by atoms with Gasteiger partial charge in [-0.05, 0) is 28.7 Å². The van der Waals surface area contributed by atoms with Crippen LogP contribution in [0, 0.1) is 3.57 Å². The van der Waals surface area contributed by atoms with Crippen molar-refractivity contribution in [1.29, 1.82) is 0 Å². The fraction of sp³-hybridized carbons (Fsp3) is 0.333. The maximum absolute atomic E-state index is 12.7. The summed E-state index contributed by atoms with van der Waals surface area (Å²) < 4.78 is 29.9. The summed E-state index contributed by atoms with van der Waals surface area (Å²) in [6, 6.07) is 1.19. The Labute approximate surface area is 109 Å².